The lowest BCUT2D eigenvalue weighted by Gasteiger charge is -2.10. The van der Waals surface area contributed by atoms with Crippen LogP contribution in [0, 0.1) is 13.8 Å². The van der Waals surface area contributed by atoms with Gasteiger partial charge >= 0.3 is 0 Å². The van der Waals surface area contributed by atoms with E-state index in [1.54, 1.807) is 18.5 Å². The molecule has 108 valence electrons. The van der Waals surface area contributed by atoms with Crippen LogP contribution in [0.1, 0.15) is 16.0 Å². The van der Waals surface area contributed by atoms with Crippen molar-refractivity contribution in [2.24, 2.45) is 0 Å². The Labute approximate surface area is 123 Å². The van der Waals surface area contributed by atoms with Crippen molar-refractivity contribution < 1.29 is 8.42 Å². The largest absolute Gasteiger partial charge is 0.315 e. The molecule has 0 fully saturated rings. The maximum atomic E-state index is 12.4. The Hall–Kier alpha value is -1.37. The molecule has 1 aromatic carbocycles. The van der Waals surface area contributed by atoms with Gasteiger partial charge < -0.3 is 5.32 Å². The lowest BCUT2D eigenvalue weighted by molar-refractivity contribution is 0.600. The zero-order valence-electron chi connectivity index (χ0n) is 11.7. The Kier molecular flexibility index (Phi) is 4.47. The first-order valence-corrected chi connectivity index (χ1v) is 8.61. The molecule has 2 N–H and O–H groups in total. The summed E-state index contributed by atoms with van der Waals surface area (Å²) in [5, 5.41) is 4.78. The molecule has 0 amide bonds. The molecule has 1 heterocycles. The Morgan fingerprint density at radius 1 is 1.15 bits per heavy atom. The highest BCUT2D eigenvalue weighted by atomic mass is 32.2. The average Bonchev–Trinajstić information content (AvgIpc) is 2.76. The van der Waals surface area contributed by atoms with Crippen LogP contribution in [-0.4, -0.2) is 15.5 Å². The molecule has 0 aliphatic rings. The maximum absolute atomic E-state index is 12.4. The molecule has 4 nitrogen and oxygen atoms in total. The SMILES string of the molecule is CNCc1sccc1S(=O)(=O)Nc1cc(C)cc(C)c1. The molecule has 0 aliphatic heterocycles. The second kappa shape index (κ2) is 5.95. The van der Waals surface area contributed by atoms with Crippen molar-refractivity contribution in [1.82, 2.24) is 5.32 Å². The van der Waals surface area contributed by atoms with Gasteiger partial charge in [-0.1, -0.05) is 6.07 Å². The lowest BCUT2D eigenvalue weighted by atomic mass is 10.1. The molecule has 20 heavy (non-hydrogen) atoms. The van der Waals surface area contributed by atoms with Crippen LogP contribution in [-0.2, 0) is 16.6 Å². The fraction of sp³-hybridized carbons (Fsp3) is 0.286. The van der Waals surface area contributed by atoms with Crippen LogP contribution in [0.15, 0.2) is 34.5 Å². The number of nitrogens with one attached hydrogen (secondary N) is 2. The van der Waals surface area contributed by atoms with Crippen molar-refractivity contribution in [2.75, 3.05) is 11.8 Å². The Balaban J connectivity index is 2.33. The number of hydrogen-bond acceptors (Lipinski definition) is 4. The van der Waals surface area contributed by atoms with Crippen LogP contribution in [0.4, 0.5) is 5.69 Å². The van der Waals surface area contributed by atoms with Gasteiger partial charge in [-0.3, -0.25) is 4.72 Å². The number of sulfonamides is 1. The van der Waals surface area contributed by atoms with Gasteiger partial charge in [0, 0.05) is 17.1 Å². The standard InChI is InChI=1S/C14H18N2O2S2/c1-10-6-11(2)8-12(7-10)16-20(17,18)14-4-5-19-13(14)9-15-3/h4-8,15-16H,9H2,1-3H3. The summed E-state index contributed by atoms with van der Waals surface area (Å²) in [5.74, 6) is 0. The highest BCUT2D eigenvalue weighted by Crippen LogP contribution is 2.25. The first-order chi connectivity index (χ1) is 9.42. The van der Waals surface area contributed by atoms with Crippen LogP contribution in [0.25, 0.3) is 0 Å². The lowest BCUT2D eigenvalue weighted by Crippen LogP contribution is -2.15. The van der Waals surface area contributed by atoms with E-state index in [4.69, 9.17) is 0 Å². The number of anilines is 1. The predicted molar refractivity (Wildman–Crippen MR) is 83.8 cm³/mol. The summed E-state index contributed by atoms with van der Waals surface area (Å²) >= 11 is 1.44. The third kappa shape index (κ3) is 3.39. The molecule has 0 aliphatic carbocycles. The molecule has 2 rings (SSSR count). The van der Waals surface area contributed by atoms with Crippen LogP contribution in [0.2, 0.25) is 0 Å². The zero-order valence-corrected chi connectivity index (χ0v) is 13.4. The molecule has 0 bridgehead atoms. The molecule has 2 aromatic rings. The topological polar surface area (TPSA) is 58.2 Å². The normalized spacial score (nSPS) is 11.6. The van der Waals surface area contributed by atoms with Gasteiger partial charge in [-0.2, -0.15) is 0 Å². The van der Waals surface area contributed by atoms with E-state index in [9.17, 15) is 8.42 Å². The van der Waals surface area contributed by atoms with Gasteiger partial charge in [0.25, 0.3) is 10.0 Å². The number of rotatable bonds is 5. The maximum Gasteiger partial charge on any atom is 0.263 e. The van der Waals surface area contributed by atoms with Gasteiger partial charge in [-0.05, 0) is 55.6 Å². The molecule has 0 radical (unpaired) electrons. The predicted octanol–water partition coefficient (Wildman–Crippen LogP) is 2.89. The van der Waals surface area contributed by atoms with Crippen molar-refractivity contribution in [3.05, 3.63) is 45.6 Å². The average molecular weight is 310 g/mol. The van der Waals surface area contributed by atoms with E-state index in [0.29, 0.717) is 17.1 Å². The number of thiophene rings is 1. The first kappa shape index (κ1) is 15.0. The zero-order chi connectivity index (χ0) is 14.8. The molecule has 0 atom stereocenters. The van der Waals surface area contributed by atoms with Crippen molar-refractivity contribution in [2.45, 2.75) is 25.3 Å². The summed E-state index contributed by atoms with van der Waals surface area (Å²) < 4.78 is 27.5. The summed E-state index contributed by atoms with van der Waals surface area (Å²) in [5.41, 5.74) is 2.66. The summed E-state index contributed by atoms with van der Waals surface area (Å²) in [6.07, 6.45) is 0. The van der Waals surface area contributed by atoms with Gasteiger partial charge in [0.05, 0.1) is 0 Å². The van der Waals surface area contributed by atoms with E-state index in [-0.39, 0.29) is 0 Å². The molecular weight excluding hydrogens is 292 g/mol. The summed E-state index contributed by atoms with van der Waals surface area (Å²) in [4.78, 5) is 1.15. The quantitative estimate of drug-likeness (QED) is 0.893. The third-order valence-corrected chi connectivity index (χ3v) is 5.32. The van der Waals surface area contributed by atoms with Crippen LogP contribution in [0.3, 0.4) is 0 Å². The molecule has 1 aromatic heterocycles. The Bertz CT molecular complexity index is 685. The van der Waals surface area contributed by atoms with Crippen LogP contribution < -0.4 is 10.0 Å². The first-order valence-electron chi connectivity index (χ1n) is 6.24. The van der Waals surface area contributed by atoms with E-state index in [2.05, 4.69) is 10.0 Å². The minimum absolute atomic E-state index is 0.344. The van der Waals surface area contributed by atoms with E-state index < -0.39 is 10.0 Å². The number of hydrogen-bond donors (Lipinski definition) is 2. The summed E-state index contributed by atoms with van der Waals surface area (Å²) in [6, 6.07) is 7.31. The van der Waals surface area contributed by atoms with Gasteiger partial charge in [0.2, 0.25) is 0 Å². The Morgan fingerprint density at radius 3 is 2.40 bits per heavy atom. The van der Waals surface area contributed by atoms with Gasteiger partial charge in [-0.25, -0.2) is 8.42 Å². The molecule has 0 spiro atoms. The van der Waals surface area contributed by atoms with Crippen LogP contribution >= 0.6 is 11.3 Å². The number of benzene rings is 1. The second-order valence-corrected chi connectivity index (χ2v) is 7.37. The highest BCUT2D eigenvalue weighted by molar-refractivity contribution is 7.93. The monoisotopic (exact) mass is 310 g/mol. The Morgan fingerprint density at radius 2 is 1.80 bits per heavy atom. The summed E-state index contributed by atoms with van der Waals surface area (Å²) in [7, 11) is -1.74. The van der Waals surface area contributed by atoms with Gasteiger partial charge in [-0.15, -0.1) is 11.3 Å². The molecule has 0 unspecified atom stereocenters. The second-order valence-electron chi connectivity index (χ2n) is 4.72. The van der Waals surface area contributed by atoms with Crippen molar-refractivity contribution in [3.8, 4) is 0 Å². The van der Waals surface area contributed by atoms with E-state index in [1.165, 1.54) is 11.3 Å². The molecule has 0 saturated heterocycles. The van der Waals surface area contributed by atoms with Gasteiger partial charge in [0.1, 0.15) is 4.90 Å². The summed E-state index contributed by atoms with van der Waals surface area (Å²) in [6.45, 7) is 4.43. The van der Waals surface area contributed by atoms with Crippen molar-refractivity contribution in [3.63, 3.8) is 0 Å². The van der Waals surface area contributed by atoms with E-state index in [0.717, 1.165) is 16.0 Å². The highest BCUT2D eigenvalue weighted by Gasteiger charge is 2.19. The molecular formula is C14H18N2O2S2. The van der Waals surface area contributed by atoms with Crippen molar-refractivity contribution >= 4 is 27.0 Å². The minimum atomic E-state index is -3.54. The third-order valence-electron chi connectivity index (χ3n) is 2.81. The van der Waals surface area contributed by atoms with Gasteiger partial charge in [0.15, 0.2) is 0 Å². The van der Waals surface area contributed by atoms with E-state index in [1.807, 2.05) is 32.0 Å². The van der Waals surface area contributed by atoms with Crippen molar-refractivity contribution in [1.29, 1.82) is 0 Å². The fourth-order valence-electron chi connectivity index (χ4n) is 2.10. The fourth-order valence-corrected chi connectivity index (χ4v) is 4.60. The minimum Gasteiger partial charge on any atom is -0.315 e. The smallest absolute Gasteiger partial charge is 0.263 e. The molecule has 0 saturated carbocycles. The van der Waals surface area contributed by atoms with Crippen LogP contribution in [0.5, 0.6) is 0 Å². The molecule has 6 heteroatoms. The van der Waals surface area contributed by atoms with E-state index >= 15 is 0 Å². The number of aryl methyl sites for hydroxylation is 2.